The van der Waals surface area contributed by atoms with Gasteiger partial charge in [0.05, 0.1) is 18.7 Å². The van der Waals surface area contributed by atoms with E-state index in [0.717, 1.165) is 44.3 Å². The maximum Gasteiger partial charge on any atom is 0.283 e. The second kappa shape index (κ2) is 7.89. The van der Waals surface area contributed by atoms with E-state index >= 15 is 0 Å². The van der Waals surface area contributed by atoms with Gasteiger partial charge in [-0.25, -0.2) is 0 Å². The van der Waals surface area contributed by atoms with Crippen LogP contribution in [0, 0.1) is 0 Å². The van der Waals surface area contributed by atoms with Gasteiger partial charge in [-0.1, -0.05) is 30.3 Å². The van der Waals surface area contributed by atoms with Gasteiger partial charge in [0, 0.05) is 11.3 Å². The molecule has 0 radical (unpaired) electrons. The van der Waals surface area contributed by atoms with Crippen molar-refractivity contribution in [2.75, 3.05) is 18.4 Å². The SMILES string of the molecule is C[C@@H](C(=O)Nc1sc2c(c1C(N)=O)CCC2)[NH+]1CC=C(c2ccccc2)CC1. The molecule has 1 aliphatic heterocycles. The summed E-state index contributed by atoms with van der Waals surface area (Å²) in [6.45, 7) is 3.69. The molecular weight excluding hydrogens is 370 g/mol. The third kappa shape index (κ3) is 3.62. The van der Waals surface area contributed by atoms with E-state index in [-0.39, 0.29) is 11.9 Å². The quantitative estimate of drug-likeness (QED) is 0.723. The van der Waals surface area contributed by atoms with Crippen LogP contribution in [-0.2, 0) is 17.6 Å². The molecule has 2 aliphatic rings. The lowest BCUT2D eigenvalue weighted by molar-refractivity contribution is -0.909. The largest absolute Gasteiger partial charge is 0.365 e. The van der Waals surface area contributed by atoms with Crippen LogP contribution >= 0.6 is 11.3 Å². The molecule has 4 rings (SSSR count). The monoisotopic (exact) mass is 396 g/mol. The van der Waals surface area contributed by atoms with E-state index in [2.05, 4.69) is 35.7 Å². The molecular formula is C22H26N3O2S+. The zero-order valence-electron chi connectivity index (χ0n) is 16.1. The second-order valence-electron chi connectivity index (χ2n) is 7.59. The number of carbonyl (C=O) groups excluding carboxylic acids is 2. The molecule has 2 amide bonds. The average molecular weight is 397 g/mol. The minimum absolute atomic E-state index is 0.0472. The first-order valence-corrected chi connectivity index (χ1v) is 10.7. The van der Waals surface area contributed by atoms with Gasteiger partial charge in [0.1, 0.15) is 5.00 Å². The highest BCUT2D eigenvalue weighted by molar-refractivity contribution is 7.17. The van der Waals surface area contributed by atoms with Crippen LogP contribution in [0.5, 0.6) is 0 Å². The van der Waals surface area contributed by atoms with Crippen LogP contribution < -0.4 is 16.0 Å². The molecule has 2 aromatic rings. The van der Waals surface area contributed by atoms with E-state index in [1.807, 2.05) is 13.0 Å². The molecule has 0 fully saturated rings. The van der Waals surface area contributed by atoms with Gasteiger partial charge in [-0.05, 0) is 49.0 Å². The number of aryl methyl sites for hydroxylation is 1. The second-order valence-corrected chi connectivity index (χ2v) is 8.70. The number of primary amides is 1. The third-order valence-corrected chi connectivity index (χ3v) is 7.09. The third-order valence-electron chi connectivity index (χ3n) is 5.88. The number of rotatable bonds is 5. The summed E-state index contributed by atoms with van der Waals surface area (Å²) in [6, 6.07) is 10.2. The first kappa shape index (κ1) is 18.9. The zero-order chi connectivity index (χ0) is 19.7. The Balaban J connectivity index is 1.44. The van der Waals surface area contributed by atoms with Crippen molar-refractivity contribution in [1.82, 2.24) is 0 Å². The molecule has 0 saturated carbocycles. The van der Waals surface area contributed by atoms with Crippen LogP contribution in [0.4, 0.5) is 5.00 Å². The van der Waals surface area contributed by atoms with Gasteiger partial charge in [-0.3, -0.25) is 9.59 Å². The molecule has 146 valence electrons. The van der Waals surface area contributed by atoms with E-state index in [1.165, 1.54) is 32.3 Å². The van der Waals surface area contributed by atoms with Crippen molar-refractivity contribution in [1.29, 1.82) is 0 Å². The number of hydrogen-bond donors (Lipinski definition) is 3. The number of nitrogens with two attached hydrogens (primary N) is 1. The van der Waals surface area contributed by atoms with Gasteiger partial charge < -0.3 is 16.0 Å². The maximum absolute atomic E-state index is 12.9. The predicted molar refractivity (Wildman–Crippen MR) is 113 cm³/mol. The molecule has 0 bridgehead atoms. The summed E-state index contributed by atoms with van der Waals surface area (Å²) < 4.78 is 0. The Morgan fingerprint density at radius 1 is 1.18 bits per heavy atom. The number of nitrogens with one attached hydrogen (secondary N) is 2. The van der Waals surface area contributed by atoms with Crippen molar-refractivity contribution in [3.05, 3.63) is 58.0 Å². The first-order chi connectivity index (χ1) is 13.5. The van der Waals surface area contributed by atoms with Crippen LogP contribution in [0.25, 0.3) is 5.57 Å². The van der Waals surface area contributed by atoms with Crippen LogP contribution in [0.2, 0.25) is 0 Å². The predicted octanol–water partition coefficient (Wildman–Crippen LogP) is 2.03. The standard InChI is InChI=1S/C22H25N3O2S/c1-14(25-12-10-16(11-13-25)15-6-3-2-4-7-15)21(27)24-22-19(20(23)26)17-8-5-9-18(17)28-22/h2-4,6-7,10,14H,5,8-9,11-13H2,1H3,(H2,23,26)(H,24,27)/p+1/t14-/m0/s1. The highest BCUT2D eigenvalue weighted by Gasteiger charge is 2.30. The molecule has 1 aromatic carbocycles. The van der Waals surface area contributed by atoms with Crippen molar-refractivity contribution >= 4 is 33.7 Å². The number of hydrogen-bond acceptors (Lipinski definition) is 3. The number of amides is 2. The zero-order valence-corrected chi connectivity index (χ0v) is 16.9. The number of thiophene rings is 1. The van der Waals surface area contributed by atoms with Crippen molar-refractivity contribution in [2.24, 2.45) is 5.73 Å². The molecule has 0 saturated heterocycles. The molecule has 6 heteroatoms. The molecule has 1 aliphatic carbocycles. The Kier molecular flexibility index (Phi) is 5.33. The smallest absolute Gasteiger partial charge is 0.283 e. The van der Waals surface area contributed by atoms with E-state index < -0.39 is 5.91 Å². The fourth-order valence-electron chi connectivity index (χ4n) is 4.22. The highest BCUT2D eigenvalue weighted by atomic mass is 32.1. The molecule has 28 heavy (non-hydrogen) atoms. The molecule has 4 N–H and O–H groups in total. The van der Waals surface area contributed by atoms with E-state index in [9.17, 15) is 9.59 Å². The molecule has 5 nitrogen and oxygen atoms in total. The number of carbonyl (C=O) groups is 2. The molecule has 1 aromatic heterocycles. The number of fused-ring (bicyclic) bond motifs is 1. The molecule has 2 atom stereocenters. The van der Waals surface area contributed by atoms with Crippen molar-refractivity contribution < 1.29 is 14.5 Å². The summed E-state index contributed by atoms with van der Waals surface area (Å²) in [4.78, 5) is 27.2. The van der Waals surface area contributed by atoms with Crippen molar-refractivity contribution in [3.63, 3.8) is 0 Å². The van der Waals surface area contributed by atoms with E-state index in [0.29, 0.717) is 10.6 Å². The number of anilines is 1. The summed E-state index contributed by atoms with van der Waals surface area (Å²) in [7, 11) is 0. The Morgan fingerprint density at radius 3 is 2.64 bits per heavy atom. The number of benzene rings is 1. The highest BCUT2D eigenvalue weighted by Crippen LogP contribution is 2.38. The number of quaternary nitrogens is 1. The fraction of sp³-hybridized carbons (Fsp3) is 0.364. The Hall–Kier alpha value is -2.44. The Morgan fingerprint density at radius 2 is 1.96 bits per heavy atom. The van der Waals surface area contributed by atoms with E-state index in [1.54, 1.807) is 0 Å². The summed E-state index contributed by atoms with van der Waals surface area (Å²) >= 11 is 1.51. The Bertz CT molecular complexity index is 933. The fourth-order valence-corrected chi connectivity index (χ4v) is 5.52. The van der Waals surface area contributed by atoms with Gasteiger partial charge in [0.2, 0.25) is 0 Å². The Labute approximate surface area is 169 Å². The summed E-state index contributed by atoms with van der Waals surface area (Å²) in [5.74, 6) is -0.489. The average Bonchev–Trinajstić information content (AvgIpc) is 3.28. The first-order valence-electron chi connectivity index (χ1n) is 9.89. The molecule has 2 heterocycles. The lowest BCUT2D eigenvalue weighted by Gasteiger charge is -2.28. The van der Waals surface area contributed by atoms with Gasteiger partial charge in [-0.15, -0.1) is 11.3 Å². The summed E-state index contributed by atoms with van der Waals surface area (Å²) in [5, 5.41) is 3.63. The van der Waals surface area contributed by atoms with Gasteiger partial charge >= 0.3 is 0 Å². The lowest BCUT2D eigenvalue weighted by Crippen LogP contribution is -3.17. The van der Waals surface area contributed by atoms with Crippen molar-refractivity contribution in [2.45, 2.75) is 38.6 Å². The van der Waals surface area contributed by atoms with Gasteiger partial charge in [-0.2, -0.15) is 0 Å². The van der Waals surface area contributed by atoms with Crippen LogP contribution in [0.3, 0.4) is 0 Å². The van der Waals surface area contributed by atoms with Crippen LogP contribution in [-0.4, -0.2) is 30.9 Å². The molecule has 0 spiro atoms. The summed E-state index contributed by atoms with van der Waals surface area (Å²) in [6.07, 6.45) is 6.10. The van der Waals surface area contributed by atoms with Gasteiger partial charge in [0.15, 0.2) is 6.04 Å². The van der Waals surface area contributed by atoms with Crippen LogP contribution in [0.15, 0.2) is 36.4 Å². The maximum atomic E-state index is 12.9. The normalized spacial score (nSPS) is 19.6. The van der Waals surface area contributed by atoms with Crippen LogP contribution in [0.1, 0.15) is 46.1 Å². The lowest BCUT2D eigenvalue weighted by atomic mass is 9.99. The molecule has 1 unspecified atom stereocenters. The summed E-state index contributed by atoms with van der Waals surface area (Å²) in [5.41, 5.74) is 9.78. The van der Waals surface area contributed by atoms with Crippen molar-refractivity contribution in [3.8, 4) is 0 Å². The minimum Gasteiger partial charge on any atom is -0.365 e. The van der Waals surface area contributed by atoms with E-state index in [4.69, 9.17) is 5.73 Å². The minimum atomic E-state index is -0.442. The topological polar surface area (TPSA) is 76.6 Å². The van der Waals surface area contributed by atoms with Gasteiger partial charge in [0.25, 0.3) is 11.8 Å².